The molecule has 1 unspecified atom stereocenters. The predicted octanol–water partition coefficient (Wildman–Crippen LogP) is 2.67. The van der Waals surface area contributed by atoms with E-state index >= 15 is 0 Å². The number of hydrogen-bond donors (Lipinski definition) is 2. The second-order valence-corrected chi connectivity index (χ2v) is 4.40. The van der Waals surface area contributed by atoms with Crippen LogP contribution in [0.15, 0.2) is 30.3 Å². The number of halogens is 1. The summed E-state index contributed by atoms with van der Waals surface area (Å²) < 4.78 is 0. The van der Waals surface area contributed by atoms with Gasteiger partial charge in [-0.3, -0.25) is 0 Å². The van der Waals surface area contributed by atoms with Crippen molar-refractivity contribution in [1.82, 2.24) is 5.32 Å². The Labute approximate surface area is 103 Å². The van der Waals surface area contributed by atoms with Crippen LogP contribution < -0.4 is 5.32 Å². The first-order chi connectivity index (χ1) is 7.27. The molecule has 0 bridgehead atoms. The lowest BCUT2D eigenvalue weighted by molar-refractivity contribution is 0.144. The Morgan fingerprint density at radius 2 is 1.94 bits per heavy atom. The fraction of sp³-hybridized carbons (Fsp3) is 0.538. The first-order valence-electron chi connectivity index (χ1n) is 5.76. The highest BCUT2D eigenvalue weighted by Gasteiger charge is 2.26. The smallest absolute Gasteiger partial charge is 0.0693 e. The van der Waals surface area contributed by atoms with Crippen molar-refractivity contribution in [3.05, 3.63) is 35.9 Å². The van der Waals surface area contributed by atoms with E-state index in [1.165, 1.54) is 5.56 Å². The lowest BCUT2D eigenvalue weighted by Crippen LogP contribution is -2.37. The van der Waals surface area contributed by atoms with Gasteiger partial charge in [0.2, 0.25) is 0 Å². The highest BCUT2D eigenvalue weighted by atomic mass is 35.5. The molecule has 0 heterocycles. The number of benzene rings is 1. The van der Waals surface area contributed by atoms with Crippen molar-refractivity contribution in [3.8, 4) is 0 Å². The summed E-state index contributed by atoms with van der Waals surface area (Å²) in [6.45, 7) is 2.15. The SMILES string of the molecule is C[C@@H](NC1CCC[C@H]1O)c1ccccc1.Cl. The van der Waals surface area contributed by atoms with Gasteiger partial charge in [0.1, 0.15) is 0 Å². The zero-order valence-corrected chi connectivity index (χ0v) is 10.4. The van der Waals surface area contributed by atoms with Crippen LogP contribution in [0.4, 0.5) is 0 Å². The Morgan fingerprint density at radius 1 is 1.25 bits per heavy atom. The molecule has 2 rings (SSSR count). The van der Waals surface area contributed by atoms with E-state index < -0.39 is 0 Å². The first kappa shape index (κ1) is 13.5. The molecule has 1 aromatic carbocycles. The molecule has 0 spiro atoms. The zero-order valence-electron chi connectivity index (χ0n) is 9.60. The van der Waals surface area contributed by atoms with Gasteiger partial charge < -0.3 is 10.4 Å². The van der Waals surface area contributed by atoms with E-state index in [9.17, 15) is 5.11 Å². The van der Waals surface area contributed by atoms with Crippen LogP contribution in [0.1, 0.15) is 37.8 Å². The third kappa shape index (κ3) is 3.21. The molecule has 1 aliphatic rings. The molecule has 2 nitrogen and oxygen atoms in total. The molecule has 1 aromatic rings. The summed E-state index contributed by atoms with van der Waals surface area (Å²) in [4.78, 5) is 0. The Bertz CT molecular complexity index is 304. The Morgan fingerprint density at radius 3 is 2.50 bits per heavy atom. The second-order valence-electron chi connectivity index (χ2n) is 4.40. The lowest BCUT2D eigenvalue weighted by Gasteiger charge is -2.22. The minimum Gasteiger partial charge on any atom is -0.392 e. The zero-order chi connectivity index (χ0) is 10.7. The van der Waals surface area contributed by atoms with Crippen LogP contribution >= 0.6 is 12.4 Å². The van der Waals surface area contributed by atoms with E-state index in [2.05, 4.69) is 36.5 Å². The summed E-state index contributed by atoms with van der Waals surface area (Å²) in [5, 5.41) is 13.2. The van der Waals surface area contributed by atoms with Crippen molar-refractivity contribution in [2.24, 2.45) is 0 Å². The standard InChI is InChI=1S/C13H19NO.ClH/c1-10(11-6-3-2-4-7-11)14-12-8-5-9-13(12)15;/h2-4,6-7,10,12-15H,5,8-9H2,1H3;1H/t10-,12?,13-;/m1./s1. The summed E-state index contributed by atoms with van der Waals surface area (Å²) in [5.74, 6) is 0. The van der Waals surface area contributed by atoms with Gasteiger partial charge in [0, 0.05) is 12.1 Å². The number of aliphatic hydroxyl groups is 1. The molecule has 2 N–H and O–H groups in total. The molecule has 90 valence electrons. The van der Waals surface area contributed by atoms with Crippen molar-refractivity contribution < 1.29 is 5.11 Å². The molecule has 1 saturated carbocycles. The number of nitrogens with one attached hydrogen (secondary N) is 1. The van der Waals surface area contributed by atoms with Gasteiger partial charge in [0.15, 0.2) is 0 Å². The first-order valence-corrected chi connectivity index (χ1v) is 5.76. The monoisotopic (exact) mass is 241 g/mol. The van der Waals surface area contributed by atoms with E-state index in [0.29, 0.717) is 6.04 Å². The minimum atomic E-state index is -0.156. The van der Waals surface area contributed by atoms with E-state index in [4.69, 9.17) is 0 Å². The maximum Gasteiger partial charge on any atom is 0.0693 e. The summed E-state index contributed by atoms with van der Waals surface area (Å²) in [7, 11) is 0. The van der Waals surface area contributed by atoms with E-state index in [-0.39, 0.29) is 24.6 Å². The van der Waals surface area contributed by atoms with E-state index in [1.807, 2.05) is 6.07 Å². The van der Waals surface area contributed by atoms with Gasteiger partial charge in [-0.1, -0.05) is 30.3 Å². The van der Waals surface area contributed by atoms with Crippen LogP contribution in [-0.2, 0) is 0 Å². The van der Waals surface area contributed by atoms with E-state index in [0.717, 1.165) is 19.3 Å². The predicted molar refractivity (Wildman–Crippen MR) is 68.9 cm³/mol. The normalized spacial score (nSPS) is 26.1. The summed E-state index contributed by atoms with van der Waals surface area (Å²) in [5.41, 5.74) is 1.29. The molecule has 3 heteroatoms. The van der Waals surface area contributed by atoms with Crippen molar-refractivity contribution >= 4 is 12.4 Å². The van der Waals surface area contributed by atoms with E-state index in [1.54, 1.807) is 0 Å². The Hall–Kier alpha value is -0.570. The molecule has 0 aromatic heterocycles. The summed E-state index contributed by atoms with van der Waals surface area (Å²) >= 11 is 0. The van der Waals surface area contributed by atoms with Crippen molar-refractivity contribution in [2.75, 3.05) is 0 Å². The van der Waals surface area contributed by atoms with Crippen LogP contribution in [0.3, 0.4) is 0 Å². The van der Waals surface area contributed by atoms with Gasteiger partial charge >= 0.3 is 0 Å². The van der Waals surface area contributed by atoms with Crippen LogP contribution in [0.5, 0.6) is 0 Å². The highest BCUT2D eigenvalue weighted by molar-refractivity contribution is 5.85. The van der Waals surface area contributed by atoms with Gasteiger partial charge in [-0.2, -0.15) is 0 Å². The average molecular weight is 242 g/mol. The van der Waals surface area contributed by atoms with Gasteiger partial charge in [-0.15, -0.1) is 12.4 Å². The maximum absolute atomic E-state index is 9.72. The lowest BCUT2D eigenvalue weighted by atomic mass is 10.1. The minimum absolute atomic E-state index is 0. The quantitative estimate of drug-likeness (QED) is 0.853. The molecule has 1 fully saturated rings. The third-order valence-electron chi connectivity index (χ3n) is 3.24. The maximum atomic E-state index is 9.72. The molecule has 0 radical (unpaired) electrons. The van der Waals surface area contributed by atoms with Gasteiger partial charge in [-0.25, -0.2) is 0 Å². The highest BCUT2D eigenvalue weighted by Crippen LogP contribution is 2.22. The second kappa shape index (κ2) is 6.24. The molecule has 1 aliphatic carbocycles. The van der Waals surface area contributed by atoms with Crippen molar-refractivity contribution in [3.63, 3.8) is 0 Å². The molecule has 0 aliphatic heterocycles. The largest absolute Gasteiger partial charge is 0.392 e. The molecule has 0 saturated heterocycles. The van der Waals surface area contributed by atoms with Gasteiger partial charge in [0.05, 0.1) is 6.10 Å². The fourth-order valence-electron chi connectivity index (χ4n) is 2.29. The Kier molecular flexibility index (Phi) is 5.26. The molecule has 3 atom stereocenters. The number of rotatable bonds is 3. The fourth-order valence-corrected chi connectivity index (χ4v) is 2.29. The van der Waals surface area contributed by atoms with Crippen molar-refractivity contribution in [1.29, 1.82) is 0 Å². The van der Waals surface area contributed by atoms with Crippen LogP contribution in [-0.4, -0.2) is 17.3 Å². The number of hydrogen-bond acceptors (Lipinski definition) is 2. The van der Waals surface area contributed by atoms with Crippen molar-refractivity contribution in [2.45, 2.75) is 44.4 Å². The van der Waals surface area contributed by atoms with Gasteiger partial charge in [0.25, 0.3) is 0 Å². The number of aliphatic hydroxyl groups excluding tert-OH is 1. The summed E-state index contributed by atoms with van der Waals surface area (Å²) in [6, 6.07) is 11.0. The molecular weight excluding hydrogens is 222 g/mol. The molecule has 16 heavy (non-hydrogen) atoms. The van der Waals surface area contributed by atoms with Crippen LogP contribution in [0.2, 0.25) is 0 Å². The Balaban J connectivity index is 0.00000128. The van der Waals surface area contributed by atoms with Crippen LogP contribution in [0, 0.1) is 0 Å². The molecule has 0 amide bonds. The van der Waals surface area contributed by atoms with Gasteiger partial charge in [-0.05, 0) is 31.7 Å². The average Bonchev–Trinajstić information content (AvgIpc) is 2.66. The topological polar surface area (TPSA) is 32.3 Å². The summed E-state index contributed by atoms with van der Waals surface area (Å²) in [6.07, 6.45) is 3.02. The van der Waals surface area contributed by atoms with Crippen LogP contribution in [0.25, 0.3) is 0 Å². The third-order valence-corrected chi connectivity index (χ3v) is 3.24. The molecular formula is C13H20ClNO.